The molecule has 1 aromatic carbocycles. The molecule has 0 bridgehead atoms. The molecular weight excluding hydrogens is 250 g/mol. The maximum atomic E-state index is 10.1. The van der Waals surface area contributed by atoms with Crippen molar-refractivity contribution in [3.63, 3.8) is 0 Å². The topological polar surface area (TPSA) is 43.7 Å². The number of rotatable bonds is 5. The molecule has 2 rings (SSSR count). The third-order valence-electron chi connectivity index (χ3n) is 3.61. The predicted octanol–water partition coefficient (Wildman–Crippen LogP) is 2.08. The standard InChI is InChI=1S/C14H20ClNO2/c15-13-4-2-1-3-12(13)14(18)6-8-16-7-5-11(9-16)10-17/h1-4,11,14,17-18H,5-10H2. The molecule has 2 N–H and O–H groups in total. The van der Waals surface area contributed by atoms with E-state index in [-0.39, 0.29) is 6.61 Å². The van der Waals surface area contributed by atoms with Crippen molar-refractivity contribution in [2.24, 2.45) is 5.92 Å². The molecule has 2 atom stereocenters. The van der Waals surface area contributed by atoms with E-state index >= 15 is 0 Å². The molecule has 100 valence electrons. The molecule has 0 spiro atoms. The van der Waals surface area contributed by atoms with Crippen LogP contribution in [0.4, 0.5) is 0 Å². The van der Waals surface area contributed by atoms with Crippen LogP contribution in [0.5, 0.6) is 0 Å². The molecule has 2 unspecified atom stereocenters. The highest BCUT2D eigenvalue weighted by atomic mass is 35.5. The average molecular weight is 270 g/mol. The van der Waals surface area contributed by atoms with E-state index in [1.165, 1.54) is 0 Å². The van der Waals surface area contributed by atoms with Crippen LogP contribution in [0.1, 0.15) is 24.5 Å². The van der Waals surface area contributed by atoms with Gasteiger partial charge in [0.05, 0.1) is 6.10 Å². The van der Waals surface area contributed by atoms with Gasteiger partial charge in [0.1, 0.15) is 0 Å². The lowest BCUT2D eigenvalue weighted by Crippen LogP contribution is -2.24. The van der Waals surface area contributed by atoms with Crippen LogP contribution >= 0.6 is 11.6 Å². The molecular formula is C14H20ClNO2. The van der Waals surface area contributed by atoms with Crippen LogP contribution in [0, 0.1) is 5.92 Å². The summed E-state index contributed by atoms with van der Waals surface area (Å²) in [5.41, 5.74) is 0.803. The first-order chi connectivity index (χ1) is 8.70. The lowest BCUT2D eigenvalue weighted by atomic mass is 10.1. The first-order valence-electron chi connectivity index (χ1n) is 6.46. The molecule has 1 saturated heterocycles. The first kappa shape index (κ1) is 13.8. The van der Waals surface area contributed by atoms with Crippen molar-refractivity contribution in [2.75, 3.05) is 26.2 Å². The summed E-state index contributed by atoms with van der Waals surface area (Å²) in [5.74, 6) is 0.405. The molecule has 18 heavy (non-hydrogen) atoms. The van der Waals surface area contributed by atoms with Crippen molar-refractivity contribution >= 4 is 11.6 Å². The average Bonchev–Trinajstić information content (AvgIpc) is 2.84. The van der Waals surface area contributed by atoms with Gasteiger partial charge < -0.3 is 15.1 Å². The third-order valence-corrected chi connectivity index (χ3v) is 3.96. The Balaban J connectivity index is 1.82. The summed E-state index contributed by atoms with van der Waals surface area (Å²) in [6, 6.07) is 7.43. The SMILES string of the molecule is OCC1CCN(CCC(O)c2ccccc2Cl)C1. The summed E-state index contributed by atoms with van der Waals surface area (Å²) in [5, 5.41) is 19.8. The fourth-order valence-corrected chi connectivity index (χ4v) is 2.73. The summed E-state index contributed by atoms with van der Waals surface area (Å²) < 4.78 is 0. The quantitative estimate of drug-likeness (QED) is 0.860. The van der Waals surface area contributed by atoms with Crippen molar-refractivity contribution < 1.29 is 10.2 Å². The second-order valence-electron chi connectivity index (χ2n) is 4.96. The second kappa shape index (κ2) is 6.53. The van der Waals surface area contributed by atoms with Crippen molar-refractivity contribution in [3.05, 3.63) is 34.9 Å². The van der Waals surface area contributed by atoms with Crippen molar-refractivity contribution in [2.45, 2.75) is 18.9 Å². The van der Waals surface area contributed by atoms with Gasteiger partial charge in [-0.25, -0.2) is 0 Å². The van der Waals surface area contributed by atoms with Gasteiger partial charge in [0, 0.05) is 24.7 Å². The van der Waals surface area contributed by atoms with E-state index in [9.17, 15) is 5.11 Å². The summed E-state index contributed by atoms with van der Waals surface area (Å²) in [6.45, 7) is 3.07. The number of hydrogen-bond donors (Lipinski definition) is 2. The molecule has 4 heteroatoms. The minimum absolute atomic E-state index is 0.267. The molecule has 1 aromatic rings. The van der Waals surface area contributed by atoms with Gasteiger partial charge in [0.25, 0.3) is 0 Å². The van der Waals surface area contributed by atoms with E-state index in [0.717, 1.165) is 31.6 Å². The van der Waals surface area contributed by atoms with Crippen LogP contribution in [0.2, 0.25) is 5.02 Å². The monoisotopic (exact) mass is 269 g/mol. The van der Waals surface area contributed by atoms with Crippen LogP contribution in [-0.2, 0) is 0 Å². The Bertz CT molecular complexity index is 386. The van der Waals surface area contributed by atoms with Gasteiger partial charge in [-0.15, -0.1) is 0 Å². The van der Waals surface area contributed by atoms with Crippen LogP contribution < -0.4 is 0 Å². The lowest BCUT2D eigenvalue weighted by Gasteiger charge is -2.18. The smallest absolute Gasteiger partial charge is 0.0816 e. The van der Waals surface area contributed by atoms with Crippen LogP contribution in [0.15, 0.2) is 24.3 Å². The molecule has 1 heterocycles. The number of aliphatic hydroxyl groups is 2. The number of nitrogens with zero attached hydrogens (tertiary/aromatic N) is 1. The molecule has 0 aliphatic carbocycles. The van der Waals surface area contributed by atoms with E-state index in [1.807, 2.05) is 18.2 Å². The Kier molecular flexibility index (Phi) is 5.01. The molecule has 0 amide bonds. The van der Waals surface area contributed by atoms with Gasteiger partial charge in [0.15, 0.2) is 0 Å². The highest BCUT2D eigenvalue weighted by Crippen LogP contribution is 2.25. The number of likely N-dealkylation sites (tertiary alicyclic amines) is 1. The van der Waals surface area contributed by atoms with E-state index < -0.39 is 6.10 Å². The second-order valence-corrected chi connectivity index (χ2v) is 5.37. The van der Waals surface area contributed by atoms with E-state index in [1.54, 1.807) is 6.07 Å². The molecule has 0 radical (unpaired) electrons. The Morgan fingerprint density at radius 1 is 1.39 bits per heavy atom. The zero-order chi connectivity index (χ0) is 13.0. The van der Waals surface area contributed by atoms with Crippen molar-refractivity contribution in [3.8, 4) is 0 Å². The Labute approximate surface area is 113 Å². The fourth-order valence-electron chi connectivity index (χ4n) is 2.47. The van der Waals surface area contributed by atoms with Gasteiger partial charge >= 0.3 is 0 Å². The van der Waals surface area contributed by atoms with Gasteiger partial charge in [-0.3, -0.25) is 0 Å². The highest BCUT2D eigenvalue weighted by molar-refractivity contribution is 6.31. The van der Waals surface area contributed by atoms with Crippen molar-refractivity contribution in [1.82, 2.24) is 4.90 Å². The molecule has 0 aromatic heterocycles. The zero-order valence-corrected chi connectivity index (χ0v) is 11.2. The van der Waals surface area contributed by atoms with Crippen LogP contribution in [-0.4, -0.2) is 41.4 Å². The van der Waals surface area contributed by atoms with Crippen LogP contribution in [0.3, 0.4) is 0 Å². The third kappa shape index (κ3) is 3.45. The summed E-state index contributed by atoms with van der Waals surface area (Å²) in [4.78, 5) is 2.29. The lowest BCUT2D eigenvalue weighted by molar-refractivity contribution is 0.146. The maximum Gasteiger partial charge on any atom is 0.0816 e. The fraction of sp³-hybridized carbons (Fsp3) is 0.571. The van der Waals surface area contributed by atoms with E-state index in [0.29, 0.717) is 17.4 Å². The first-order valence-corrected chi connectivity index (χ1v) is 6.84. The van der Waals surface area contributed by atoms with Gasteiger partial charge in [-0.2, -0.15) is 0 Å². The summed E-state index contributed by atoms with van der Waals surface area (Å²) in [7, 11) is 0. The van der Waals surface area contributed by atoms with E-state index in [4.69, 9.17) is 16.7 Å². The summed E-state index contributed by atoms with van der Waals surface area (Å²) in [6.07, 6.45) is 1.23. The Morgan fingerprint density at radius 3 is 2.83 bits per heavy atom. The van der Waals surface area contributed by atoms with Gasteiger partial charge in [-0.1, -0.05) is 29.8 Å². The Hall–Kier alpha value is -0.610. The molecule has 3 nitrogen and oxygen atoms in total. The number of aliphatic hydroxyl groups excluding tert-OH is 2. The molecule has 1 fully saturated rings. The number of benzene rings is 1. The molecule has 1 aliphatic heterocycles. The predicted molar refractivity (Wildman–Crippen MR) is 72.7 cm³/mol. The minimum Gasteiger partial charge on any atom is -0.396 e. The van der Waals surface area contributed by atoms with Crippen LogP contribution in [0.25, 0.3) is 0 Å². The molecule has 0 saturated carbocycles. The van der Waals surface area contributed by atoms with Gasteiger partial charge in [-0.05, 0) is 36.9 Å². The van der Waals surface area contributed by atoms with E-state index in [2.05, 4.69) is 4.90 Å². The van der Waals surface area contributed by atoms with Crippen molar-refractivity contribution in [1.29, 1.82) is 0 Å². The highest BCUT2D eigenvalue weighted by Gasteiger charge is 2.22. The maximum absolute atomic E-state index is 10.1. The number of halogens is 1. The summed E-state index contributed by atoms with van der Waals surface area (Å²) >= 11 is 6.05. The minimum atomic E-state index is -0.508. The van der Waals surface area contributed by atoms with Gasteiger partial charge in [0.2, 0.25) is 0 Å². The molecule has 1 aliphatic rings. The number of hydrogen-bond acceptors (Lipinski definition) is 3. The largest absolute Gasteiger partial charge is 0.396 e. The zero-order valence-electron chi connectivity index (χ0n) is 10.4. The normalized spacial score (nSPS) is 22.3. The Morgan fingerprint density at radius 2 is 2.17 bits per heavy atom.